The van der Waals surface area contributed by atoms with Crippen LogP contribution in [0.1, 0.15) is 6.42 Å². The number of fused-ring (bicyclic) bond motifs is 1. The molecule has 1 atom stereocenters. The molecule has 0 spiro atoms. The Bertz CT molecular complexity index is 417. The zero-order chi connectivity index (χ0) is 10.8. The molecule has 0 bridgehead atoms. The molecule has 15 heavy (non-hydrogen) atoms. The van der Waals surface area contributed by atoms with Gasteiger partial charge in [0.2, 0.25) is 0 Å². The quantitative estimate of drug-likeness (QED) is 0.588. The van der Waals surface area contributed by atoms with Crippen LogP contribution >= 0.6 is 0 Å². The molecular weight excluding hydrogens is 202 g/mol. The van der Waals surface area contributed by atoms with E-state index in [-0.39, 0.29) is 11.6 Å². The first kappa shape index (κ1) is 9.60. The minimum absolute atomic E-state index is 0.0228. The lowest BCUT2D eigenvalue weighted by Gasteiger charge is -2.15. The summed E-state index contributed by atoms with van der Waals surface area (Å²) in [5.74, 6) is -1.66. The number of carbonyl (C=O) groups excluding carboxylic acids is 2. The van der Waals surface area contributed by atoms with E-state index in [9.17, 15) is 14.7 Å². The first-order chi connectivity index (χ1) is 7.16. The van der Waals surface area contributed by atoms with Crippen LogP contribution in [0.25, 0.3) is 0 Å². The highest BCUT2D eigenvalue weighted by Crippen LogP contribution is 2.26. The summed E-state index contributed by atoms with van der Waals surface area (Å²) >= 11 is 0. The number of rotatable bonds is 0. The van der Waals surface area contributed by atoms with Gasteiger partial charge < -0.3 is 14.6 Å². The highest BCUT2D eigenvalue weighted by molar-refractivity contribution is 5.85. The van der Waals surface area contributed by atoms with Crippen LogP contribution in [-0.4, -0.2) is 28.1 Å². The predicted octanol–water partition coefficient (Wildman–Crippen LogP) is -0.343. The molecule has 1 aromatic heterocycles. The molecule has 6 nitrogen and oxygen atoms in total. The van der Waals surface area contributed by atoms with Crippen molar-refractivity contribution in [1.29, 1.82) is 0 Å². The monoisotopic (exact) mass is 209 g/mol. The maximum Gasteiger partial charge on any atom is 0.341 e. The van der Waals surface area contributed by atoms with Crippen molar-refractivity contribution in [3.8, 4) is 11.6 Å². The van der Waals surface area contributed by atoms with Crippen LogP contribution in [0.15, 0.2) is 18.3 Å². The number of aliphatic hydroxyl groups is 1. The molecule has 0 saturated carbocycles. The minimum Gasteiger partial charge on any atom is -0.419 e. The van der Waals surface area contributed by atoms with Crippen molar-refractivity contribution in [3.05, 3.63) is 18.3 Å². The standard InChI is InChI=1S/C9H7NO5/c11-5-4-7(12)15-8-6(14-9(5)13)2-1-3-10-8/h1-3,5,11H,4H2. The number of hydrogen-bond donors (Lipinski definition) is 1. The van der Waals surface area contributed by atoms with Gasteiger partial charge in [0.05, 0.1) is 6.42 Å². The van der Waals surface area contributed by atoms with E-state index in [0.29, 0.717) is 0 Å². The minimum atomic E-state index is -1.49. The predicted molar refractivity (Wildman–Crippen MR) is 46.1 cm³/mol. The molecule has 1 aliphatic heterocycles. The third kappa shape index (κ3) is 1.94. The van der Waals surface area contributed by atoms with Gasteiger partial charge in [-0.15, -0.1) is 0 Å². The molecule has 1 aromatic rings. The van der Waals surface area contributed by atoms with Gasteiger partial charge in [-0.2, -0.15) is 0 Å². The van der Waals surface area contributed by atoms with Crippen molar-refractivity contribution < 1.29 is 24.2 Å². The van der Waals surface area contributed by atoms with Gasteiger partial charge in [0.1, 0.15) is 0 Å². The Kier molecular flexibility index (Phi) is 2.34. The molecule has 0 amide bonds. The second-order valence-electron chi connectivity index (χ2n) is 2.92. The third-order valence-corrected chi connectivity index (χ3v) is 1.79. The number of aromatic nitrogens is 1. The van der Waals surface area contributed by atoms with Crippen molar-refractivity contribution in [3.63, 3.8) is 0 Å². The van der Waals surface area contributed by atoms with E-state index in [2.05, 4.69) is 4.98 Å². The molecule has 0 aliphatic carbocycles. The largest absolute Gasteiger partial charge is 0.419 e. The summed E-state index contributed by atoms with van der Waals surface area (Å²) in [6, 6.07) is 2.94. The fourth-order valence-corrected chi connectivity index (χ4v) is 1.10. The van der Waals surface area contributed by atoms with Crippen molar-refractivity contribution in [1.82, 2.24) is 4.98 Å². The van der Waals surface area contributed by atoms with Gasteiger partial charge in [0.25, 0.3) is 5.88 Å². The van der Waals surface area contributed by atoms with Crippen LogP contribution in [0.4, 0.5) is 0 Å². The number of nitrogens with zero attached hydrogens (tertiary/aromatic N) is 1. The molecule has 0 fully saturated rings. The summed E-state index contributed by atoms with van der Waals surface area (Å²) in [6.07, 6.45) is -0.529. The first-order valence-corrected chi connectivity index (χ1v) is 4.22. The van der Waals surface area contributed by atoms with Crippen LogP contribution in [0.5, 0.6) is 11.6 Å². The number of aliphatic hydroxyl groups excluding tert-OH is 1. The Hall–Kier alpha value is -1.95. The van der Waals surface area contributed by atoms with E-state index in [1.54, 1.807) is 0 Å². The van der Waals surface area contributed by atoms with Gasteiger partial charge >= 0.3 is 11.9 Å². The van der Waals surface area contributed by atoms with Crippen molar-refractivity contribution in [2.75, 3.05) is 0 Å². The van der Waals surface area contributed by atoms with Crippen LogP contribution in [0.3, 0.4) is 0 Å². The summed E-state index contributed by atoms with van der Waals surface area (Å²) in [4.78, 5) is 26.0. The maximum atomic E-state index is 11.2. The molecule has 6 heteroatoms. The van der Waals surface area contributed by atoms with Gasteiger partial charge in [-0.3, -0.25) is 4.79 Å². The second-order valence-corrected chi connectivity index (χ2v) is 2.92. The zero-order valence-corrected chi connectivity index (χ0v) is 7.54. The highest BCUT2D eigenvalue weighted by atomic mass is 16.6. The van der Waals surface area contributed by atoms with E-state index in [4.69, 9.17) is 9.47 Å². The van der Waals surface area contributed by atoms with Gasteiger partial charge in [-0.05, 0) is 12.1 Å². The normalized spacial score (nSPS) is 20.7. The molecule has 2 heterocycles. The average Bonchev–Trinajstić information content (AvgIpc) is 2.19. The van der Waals surface area contributed by atoms with Gasteiger partial charge in [-0.25, -0.2) is 9.78 Å². The summed E-state index contributed by atoms with van der Waals surface area (Å²) in [5, 5.41) is 9.18. The van der Waals surface area contributed by atoms with Gasteiger partial charge in [0, 0.05) is 6.20 Å². The molecular formula is C9H7NO5. The fraction of sp³-hybridized carbons (Fsp3) is 0.222. The smallest absolute Gasteiger partial charge is 0.341 e. The molecule has 1 unspecified atom stereocenters. The summed E-state index contributed by atoms with van der Waals surface area (Å²) in [5.41, 5.74) is 0. The lowest BCUT2D eigenvalue weighted by Crippen LogP contribution is -2.32. The summed E-state index contributed by atoms with van der Waals surface area (Å²) in [6.45, 7) is 0. The summed E-state index contributed by atoms with van der Waals surface area (Å²) in [7, 11) is 0. The molecule has 0 aromatic carbocycles. The molecule has 2 rings (SSSR count). The number of ether oxygens (including phenoxy) is 2. The maximum absolute atomic E-state index is 11.2. The Morgan fingerprint density at radius 1 is 1.40 bits per heavy atom. The van der Waals surface area contributed by atoms with Crippen LogP contribution in [-0.2, 0) is 9.59 Å². The van der Waals surface area contributed by atoms with Crippen molar-refractivity contribution in [2.24, 2.45) is 0 Å². The molecule has 78 valence electrons. The fourth-order valence-electron chi connectivity index (χ4n) is 1.10. The van der Waals surface area contributed by atoms with E-state index >= 15 is 0 Å². The first-order valence-electron chi connectivity index (χ1n) is 4.22. The number of esters is 2. The van der Waals surface area contributed by atoms with E-state index < -0.39 is 24.5 Å². The van der Waals surface area contributed by atoms with Crippen LogP contribution in [0.2, 0.25) is 0 Å². The van der Waals surface area contributed by atoms with E-state index in [0.717, 1.165) is 0 Å². The third-order valence-electron chi connectivity index (χ3n) is 1.79. The second kappa shape index (κ2) is 3.66. The Balaban J connectivity index is 2.38. The molecule has 1 aliphatic rings. The molecule has 0 radical (unpaired) electrons. The zero-order valence-electron chi connectivity index (χ0n) is 7.54. The Labute approximate surface area is 84.4 Å². The number of carbonyl (C=O) groups is 2. The molecule has 1 N–H and O–H groups in total. The van der Waals surface area contributed by atoms with Gasteiger partial charge in [0.15, 0.2) is 11.9 Å². The topological polar surface area (TPSA) is 85.7 Å². The van der Waals surface area contributed by atoms with Crippen LogP contribution in [0, 0.1) is 0 Å². The van der Waals surface area contributed by atoms with Crippen LogP contribution < -0.4 is 9.47 Å². The summed E-state index contributed by atoms with van der Waals surface area (Å²) < 4.78 is 9.54. The SMILES string of the molecule is O=C1CC(O)C(=O)Oc2cccnc2O1. The Morgan fingerprint density at radius 3 is 3.00 bits per heavy atom. The van der Waals surface area contributed by atoms with E-state index in [1.807, 2.05) is 0 Å². The van der Waals surface area contributed by atoms with Crippen molar-refractivity contribution >= 4 is 11.9 Å². The number of hydrogen-bond acceptors (Lipinski definition) is 6. The average molecular weight is 209 g/mol. The number of pyridine rings is 1. The lowest BCUT2D eigenvalue weighted by molar-refractivity contribution is -0.152. The van der Waals surface area contributed by atoms with Crippen molar-refractivity contribution in [2.45, 2.75) is 12.5 Å². The van der Waals surface area contributed by atoms with E-state index in [1.165, 1.54) is 18.3 Å². The van der Waals surface area contributed by atoms with Gasteiger partial charge in [-0.1, -0.05) is 0 Å². The Morgan fingerprint density at radius 2 is 2.20 bits per heavy atom. The highest BCUT2D eigenvalue weighted by Gasteiger charge is 2.27. The molecule has 0 saturated heterocycles. The lowest BCUT2D eigenvalue weighted by atomic mass is 10.2.